The first kappa shape index (κ1) is 24.7. The summed E-state index contributed by atoms with van der Waals surface area (Å²) < 4.78 is 12.0. The molecule has 6 nitrogen and oxygen atoms in total. The van der Waals surface area contributed by atoms with Gasteiger partial charge in [-0.15, -0.1) is 0 Å². The van der Waals surface area contributed by atoms with Gasteiger partial charge in [0.25, 0.3) is 0 Å². The summed E-state index contributed by atoms with van der Waals surface area (Å²) in [7, 11) is 0. The molecule has 1 heterocycles. The minimum atomic E-state index is -0.830. The first-order chi connectivity index (χ1) is 19.1. The van der Waals surface area contributed by atoms with Crippen molar-refractivity contribution < 1.29 is 24.2 Å². The predicted molar refractivity (Wildman–Crippen MR) is 148 cm³/mol. The first-order valence-corrected chi connectivity index (χ1v) is 13.3. The van der Waals surface area contributed by atoms with Crippen molar-refractivity contribution >= 4 is 12.1 Å². The van der Waals surface area contributed by atoms with E-state index in [9.17, 15) is 9.59 Å². The second-order valence-electron chi connectivity index (χ2n) is 9.99. The minimum absolute atomic E-state index is 0.0214. The van der Waals surface area contributed by atoms with Crippen molar-refractivity contribution in [3.05, 3.63) is 118 Å². The fourth-order valence-electron chi connectivity index (χ4n) is 5.71. The van der Waals surface area contributed by atoms with Crippen LogP contribution in [0, 0.1) is 0 Å². The van der Waals surface area contributed by atoms with Crippen LogP contribution >= 0.6 is 0 Å². The summed E-state index contributed by atoms with van der Waals surface area (Å²) in [6.45, 7) is 0.684. The Hall–Kier alpha value is -4.58. The standard InChI is InChI=1S/C33H29NO5/c35-30(36)16-15-21-7-5-9-23-19-24-10-6-8-22(32(24)39-31(21)23)17-18-34-33(37)38-20-29-27-13-3-1-11-25(27)26-12-2-4-14-28(26)29/h1-14,29H,15-20H2,(H,34,37)(H,35,36). The molecular weight excluding hydrogens is 490 g/mol. The van der Waals surface area contributed by atoms with Gasteiger partial charge < -0.3 is 19.9 Å². The molecule has 6 rings (SSSR count). The van der Waals surface area contributed by atoms with Crippen LogP contribution < -0.4 is 10.1 Å². The number of carbonyl (C=O) groups is 2. The second kappa shape index (κ2) is 10.7. The molecule has 0 aromatic heterocycles. The number of ether oxygens (including phenoxy) is 2. The van der Waals surface area contributed by atoms with E-state index < -0.39 is 12.1 Å². The molecule has 4 aromatic rings. The maximum atomic E-state index is 12.6. The van der Waals surface area contributed by atoms with Gasteiger partial charge in [-0.25, -0.2) is 4.79 Å². The Bertz CT molecular complexity index is 1510. The van der Waals surface area contributed by atoms with Gasteiger partial charge in [-0.2, -0.15) is 0 Å². The number of amides is 1. The molecule has 196 valence electrons. The predicted octanol–water partition coefficient (Wildman–Crippen LogP) is 6.48. The van der Waals surface area contributed by atoms with E-state index in [0.29, 0.717) is 19.4 Å². The van der Waals surface area contributed by atoms with Crippen LogP contribution in [0.25, 0.3) is 11.1 Å². The van der Waals surface area contributed by atoms with Gasteiger partial charge in [0.15, 0.2) is 0 Å². The van der Waals surface area contributed by atoms with Crippen LogP contribution in [0.1, 0.15) is 45.7 Å². The SMILES string of the molecule is O=C(O)CCc1cccc2c1Oc1c(CCNC(=O)OCC3c4ccccc4-c4ccccc43)cccc1C2. The number of aliphatic carboxylic acids is 1. The van der Waals surface area contributed by atoms with Gasteiger partial charge in [0, 0.05) is 25.3 Å². The molecule has 1 amide bonds. The summed E-state index contributed by atoms with van der Waals surface area (Å²) in [4.78, 5) is 23.7. The summed E-state index contributed by atoms with van der Waals surface area (Å²) in [5, 5.41) is 12.0. The van der Waals surface area contributed by atoms with Crippen molar-refractivity contribution in [3.8, 4) is 22.6 Å². The zero-order valence-electron chi connectivity index (χ0n) is 21.5. The molecule has 0 atom stereocenters. The van der Waals surface area contributed by atoms with Crippen molar-refractivity contribution in [2.45, 2.75) is 31.6 Å². The van der Waals surface area contributed by atoms with E-state index in [1.54, 1.807) is 0 Å². The summed E-state index contributed by atoms with van der Waals surface area (Å²) in [6.07, 6.45) is 1.33. The Labute approximate surface area is 227 Å². The second-order valence-corrected chi connectivity index (χ2v) is 9.99. The molecule has 1 aliphatic heterocycles. The van der Waals surface area contributed by atoms with Gasteiger partial charge in [-0.05, 0) is 57.3 Å². The van der Waals surface area contributed by atoms with Crippen LogP contribution in [0.3, 0.4) is 0 Å². The lowest BCUT2D eigenvalue weighted by Gasteiger charge is -2.25. The van der Waals surface area contributed by atoms with Crippen molar-refractivity contribution in [1.29, 1.82) is 0 Å². The van der Waals surface area contributed by atoms with Crippen LogP contribution in [0.15, 0.2) is 84.9 Å². The number of carboxylic acid groups (broad SMARTS) is 1. The molecule has 0 spiro atoms. The number of hydrogen-bond acceptors (Lipinski definition) is 4. The van der Waals surface area contributed by atoms with E-state index in [2.05, 4.69) is 29.6 Å². The average molecular weight is 520 g/mol. The van der Waals surface area contributed by atoms with Crippen LogP contribution in [-0.2, 0) is 28.8 Å². The molecule has 2 N–H and O–H groups in total. The number of hydrogen-bond donors (Lipinski definition) is 2. The number of aryl methyl sites for hydroxylation is 1. The number of carboxylic acids is 1. The van der Waals surface area contributed by atoms with Crippen LogP contribution in [0.4, 0.5) is 4.79 Å². The van der Waals surface area contributed by atoms with Crippen molar-refractivity contribution in [2.24, 2.45) is 0 Å². The molecule has 0 fully saturated rings. The van der Waals surface area contributed by atoms with Gasteiger partial charge in [0.1, 0.15) is 18.1 Å². The molecule has 0 radical (unpaired) electrons. The quantitative estimate of drug-likeness (QED) is 0.245. The highest BCUT2D eigenvalue weighted by molar-refractivity contribution is 5.79. The maximum absolute atomic E-state index is 12.6. The van der Waals surface area contributed by atoms with Crippen LogP contribution in [0.2, 0.25) is 0 Å². The summed E-state index contributed by atoms with van der Waals surface area (Å²) >= 11 is 0. The summed E-state index contributed by atoms with van der Waals surface area (Å²) in [5.74, 6) is 0.738. The van der Waals surface area contributed by atoms with E-state index in [4.69, 9.17) is 14.6 Å². The highest BCUT2D eigenvalue weighted by atomic mass is 16.5. The normalized spacial score (nSPS) is 12.9. The lowest BCUT2D eigenvalue weighted by atomic mass is 9.94. The molecule has 4 aromatic carbocycles. The Morgan fingerprint density at radius 1 is 0.795 bits per heavy atom. The van der Waals surface area contributed by atoms with Crippen LogP contribution in [0.5, 0.6) is 11.5 Å². The van der Waals surface area contributed by atoms with E-state index in [0.717, 1.165) is 40.2 Å². The number of rotatable bonds is 8. The van der Waals surface area contributed by atoms with Crippen molar-refractivity contribution in [1.82, 2.24) is 5.32 Å². The zero-order chi connectivity index (χ0) is 26.8. The number of nitrogens with one attached hydrogen (secondary N) is 1. The third kappa shape index (κ3) is 4.98. The van der Waals surface area contributed by atoms with Gasteiger partial charge >= 0.3 is 12.1 Å². The third-order valence-corrected chi connectivity index (χ3v) is 7.56. The van der Waals surface area contributed by atoms with Crippen LogP contribution in [-0.4, -0.2) is 30.3 Å². The Kier molecular flexibility index (Phi) is 6.76. The first-order valence-electron chi connectivity index (χ1n) is 13.3. The summed E-state index contributed by atoms with van der Waals surface area (Å²) in [5.41, 5.74) is 8.78. The number of alkyl carbamates (subject to hydrolysis) is 1. The monoisotopic (exact) mass is 519 g/mol. The number of fused-ring (bicyclic) bond motifs is 5. The molecule has 6 heteroatoms. The molecule has 0 saturated carbocycles. The Morgan fingerprint density at radius 2 is 1.38 bits per heavy atom. The van der Waals surface area contributed by atoms with E-state index in [1.165, 1.54) is 22.3 Å². The number of para-hydroxylation sites is 2. The lowest BCUT2D eigenvalue weighted by molar-refractivity contribution is -0.136. The fourth-order valence-corrected chi connectivity index (χ4v) is 5.71. The topological polar surface area (TPSA) is 84.9 Å². The van der Waals surface area contributed by atoms with E-state index in [1.807, 2.05) is 60.7 Å². The third-order valence-electron chi connectivity index (χ3n) is 7.56. The lowest BCUT2D eigenvalue weighted by Crippen LogP contribution is -2.28. The average Bonchev–Trinajstić information content (AvgIpc) is 3.27. The highest BCUT2D eigenvalue weighted by Gasteiger charge is 2.29. The Balaban J connectivity index is 1.08. The fraction of sp³-hybridized carbons (Fsp3) is 0.212. The van der Waals surface area contributed by atoms with Gasteiger partial charge in [0.2, 0.25) is 0 Å². The van der Waals surface area contributed by atoms with Gasteiger partial charge in [-0.1, -0.05) is 84.9 Å². The van der Waals surface area contributed by atoms with E-state index in [-0.39, 0.29) is 18.9 Å². The van der Waals surface area contributed by atoms with Gasteiger partial charge in [-0.3, -0.25) is 4.79 Å². The van der Waals surface area contributed by atoms with Crippen molar-refractivity contribution in [2.75, 3.05) is 13.2 Å². The summed E-state index contributed by atoms with van der Waals surface area (Å²) in [6, 6.07) is 28.5. The molecule has 1 aliphatic carbocycles. The molecule has 0 bridgehead atoms. The van der Waals surface area contributed by atoms with E-state index >= 15 is 0 Å². The molecule has 0 saturated heterocycles. The molecular formula is C33H29NO5. The molecule has 39 heavy (non-hydrogen) atoms. The zero-order valence-corrected chi connectivity index (χ0v) is 21.5. The molecule has 0 unspecified atom stereocenters. The number of benzene rings is 4. The number of carbonyl (C=O) groups excluding carboxylic acids is 1. The molecule has 2 aliphatic rings. The largest absolute Gasteiger partial charge is 0.481 e. The minimum Gasteiger partial charge on any atom is -0.481 e. The van der Waals surface area contributed by atoms with Crippen molar-refractivity contribution in [3.63, 3.8) is 0 Å². The smallest absolute Gasteiger partial charge is 0.407 e. The van der Waals surface area contributed by atoms with Gasteiger partial charge in [0.05, 0.1) is 0 Å². The maximum Gasteiger partial charge on any atom is 0.407 e. The Morgan fingerprint density at radius 3 is 2.00 bits per heavy atom. The highest BCUT2D eigenvalue weighted by Crippen LogP contribution is 2.44.